The van der Waals surface area contributed by atoms with Gasteiger partial charge in [-0.25, -0.2) is 0 Å². The van der Waals surface area contributed by atoms with Crippen LogP contribution in [-0.4, -0.2) is 40.6 Å². The van der Waals surface area contributed by atoms with Gasteiger partial charge in [0.25, 0.3) is 0 Å². The van der Waals surface area contributed by atoms with Gasteiger partial charge in [0.05, 0.1) is 0 Å². The summed E-state index contributed by atoms with van der Waals surface area (Å²) in [5, 5.41) is 0. The first kappa shape index (κ1) is 25.7. The first-order valence-corrected chi connectivity index (χ1v) is 15.3. The summed E-state index contributed by atoms with van der Waals surface area (Å²) in [5.41, 5.74) is 0. The second kappa shape index (κ2) is 22.8. The van der Waals surface area contributed by atoms with Gasteiger partial charge in [0.15, 0.2) is 0 Å². The number of unbranched alkanes of at least 4 members (excludes halogenated alkanes) is 11. The van der Waals surface area contributed by atoms with Crippen molar-refractivity contribution in [2.45, 2.75) is 126 Å². The Bertz CT molecular complexity index is 218. The Balaban J connectivity index is 3.71. The van der Waals surface area contributed by atoms with E-state index < -0.39 is 0 Å². The van der Waals surface area contributed by atoms with Gasteiger partial charge in [0.1, 0.15) is 0 Å². The van der Waals surface area contributed by atoms with E-state index in [1.165, 1.54) is 98.8 Å². The summed E-state index contributed by atoms with van der Waals surface area (Å²) in [5.74, 6) is 0. The van der Waals surface area contributed by atoms with Gasteiger partial charge >= 0.3 is 170 Å². The SMILES string of the molecule is CCCCCCCCOC([CH2][Sn][CH2]CCC)OCCCCCCCC. The van der Waals surface area contributed by atoms with Gasteiger partial charge in [-0.2, -0.15) is 0 Å². The molecule has 25 heavy (non-hydrogen) atoms. The average Bonchev–Trinajstić information content (AvgIpc) is 2.63. The van der Waals surface area contributed by atoms with Gasteiger partial charge in [-0.15, -0.1) is 0 Å². The van der Waals surface area contributed by atoms with E-state index in [-0.39, 0.29) is 27.4 Å². The van der Waals surface area contributed by atoms with Crippen LogP contribution in [0.2, 0.25) is 8.87 Å². The van der Waals surface area contributed by atoms with Crippen molar-refractivity contribution in [3.05, 3.63) is 0 Å². The van der Waals surface area contributed by atoms with Crippen LogP contribution in [0.1, 0.15) is 111 Å². The van der Waals surface area contributed by atoms with Gasteiger partial charge in [-0.1, -0.05) is 0 Å². The minimum absolute atomic E-state index is 0.120. The molecule has 150 valence electrons. The number of ether oxygens (including phenoxy) is 2. The zero-order valence-corrected chi connectivity index (χ0v) is 20.5. The number of hydrogen-bond acceptors (Lipinski definition) is 2. The fourth-order valence-electron chi connectivity index (χ4n) is 2.88. The van der Waals surface area contributed by atoms with Crippen LogP contribution in [0.25, 0.3) is 0 Å². The van der Waals surface area contributed by atoms with Crippen molar-refractivity contribution in [3.63, 3.8) is 0 Å². The molecule has 0 aromatic heterocycles. The van der Waals surface area contributed by atoms with Crippen LogP contribution >= 0.6 is 0 Å². The third kappa shape index (κ3) is 20.9. The summed E-state index contributed by atoms with van der Waals surface area (Å²) in [6.07, 6.45) is 18.9. The molecule has 0 aliphatic heterocycles. The quantitative estimate of drug-likeness (QED) is 0.101. The molecule has 0 rings (SSSR count). The van der Waals surface area contributed by atoms with E-state index in [2.05, 4.69) is 20.8 Å². The van der Waals surface area contributed by atoms with Crippen LogP contribution in [-0.2, 0) is 9.47 Å². The molecular weight excluding hydrogens is 415 g/mol. The van der Waals surface area contributed by atoms with Crippen molar-refractivity contribution in [2.75, 3.05) is 13.2 Å². The number of rotatable bonds is 21. The van der Waals surface area contributed by atoms with Gasteiger partial charge in [0, 0.05) is 0 Å². The summed E-state index contributed by atoms with van der Waals surface area (Å²) in [7, 11) is 0. The monoisotopic (exact) mass is 462 g/mol. The van der Waals surface area contributed by atoms with Crippen LogP contribution < -0.4 is 0 Å². The van der Waals surface area contributed by atoms with E-state index in [1.807, 2.05) is 0 Å². The second-order valence-corrected chi connectivity index (χ2v) is 11.3. The summed E-state index contributed by atoms with van der Waals surface area (Å²) in [6, 6.07) is 0. The minimum atomic E-state index is -0.276. The third-order valence-electron chi connectivity index (χ3n) is 4.62. The number of hydrogen-bond donors (Lipinski definition) is 0. The van der Waals surface area contributed by atoms with Crippen LogP contribution in [0.4, 0.5) is 0 Å². The van der Waals surface area contributed by atoms with E-state index in [1.54, 1.807) is 0 Å². The Kier molecular flexibility index (Phi) is 23.4. The zero-order valence-electron chi connectivity index (χ0n) is 17.6. The first-order valence-electron chi connectivity index (χ1n) is 11.3. The molecule has 2 nitrogen and oxygen atoms in total. The van der Waals surface area contributed by atoms with E-state index in [0.717, 1.165) is 13.2 Å². The molecule has 0 N–H and O–H groups in total. The Hall–Kier alpha value is 0.719. The van der Waals surface area contributed by atoms with Crippen molar-refractivity contribution >= 4 is 21.1 Å². The van der Waals surface area contributed by atoms with Gasteiger partial charge < -0.3 is 0 Å². The first-order chi connectivity index (χ1) is 12.3. The van der Waals surface area contributed by atoms with Crippen LogP contribution in [0.15, 0.2) is 0 Å². The maximum absolute atomic E-state index is 6.09. The molecule has 0 atom stereocenters. The summed E-state index contributed by atoms with van der Waals surface area (Å²) < 4.78 is 14.9. The van der Waals surface area contributed by atoms with Gasteiger partial charge in [0.2, 0.25) is 0 Å². The predicted molar refractivity (Wildman–Crippen MR) is 113 cm³/mol. The molecule has 0 unspecified atom stereocenters. The fraction of sp³-hybridized carbons (Fsp3) is 1.00. The average molecular weight is 461 g/mol. The molecule has 0 bridgehead atoms. The molecular formula is C22H46O2Sn. The van der Waals surface area contributed by atoms with E-state index in [0.29, 0.717) is 0 Å². The summed E-state index contributed by atoms with van der Waals surface area (Å²) in [6.45, 7) is 8.65. The molecule has 0 spiro atoms. The molecule has 0 aliphatic rings. The van der Waals surface area contributed by atoms with Crippen molar-refractivity contribution < 1.29 is 9.47 Å². The van der Waals surface area contributed by atoms with Crippen molar-refractivity contribution in [1.29, 1.82) is 0 Å². The topological polar surface area (TPSA) is 18.5 Å². The van der Waals surface area contributed by atoms with Crippen LogP contribution in [0, 0.1) is 0 Å². The molecule has 0 saturated carbocycles. The molecule has 0 saturated heterocycles. The Labute approximate surface area is 169 Å². The van der Waals surface area contributed by atoms with Gasteiger partial charge in [-0.05, 0) is 0 Å². The van der Waals surface area contributed by atoms with Crippen molar-refractivity contribution in [2.24, 2.45) is 0 Å². The Morgan fingerprint density at radius 2 is 1.00 bits per heavy atom. The summed E-state index contributed by atoms with van der Waals surface area (Å²) in [4.78, 5) is 0. The molecule has 0 aromatic carbocycles. The molecule has 0 amide bonds. The second-order valence-electron chi connectivity index (χ2n) is 7.26. The van der Waals surface area contributed by atoms with E-state index in [4.69, 9.17) is 9.47 Å². The normalized spacial score (nSPS) is 11.5. The molecule has 3 heteroatoms. The van der Waals surface area contributed by atoms with Crippen LogP contribution in [0.5, 0.6) is 0 Å². The third-order valence-corrected chi connectivity index (χ3v) is 8.41. The van der Waals surface area contributed by atoms with Gasteiger partial charge in [-0.3, -0.25) is 0 Å². The predicted octanol–water partition coefficient (Wildman–Crippen LogP) is 7.41. The Morgan fingerprint density at radius 3 is 1.48 bits per heavy atom. The Morgan fingerprint density at radius 1 is 0.560 bits per heavy atom. The molecule has 0 heterocycles. The zero-order chi connectivity index (χ0) is 18.4. The van der Waals surface area contributed by atoms with Crippen LogP contribution in [0.3, 0.4) is 0 Å². The maximum atomic E-state index is 6.09. The molecule has 0 fully saturated rings. The standard InChI is InChI=1S/C18H37O2.C4H9.Sn/c1-4-6-8-10-12-14-16-19-18(3)20-17-15-13-11-9-7-5-2;1-3-4-2;/h18H,3-17H2,1-2H3;1,3-4H2,2H3;. The summed E-state index contributed by atoms with van der Waals surface area (Å²) >= 11 is -0.276. The van der Waals surface area contributed by atoms with E-state index >= 15 is 0 Å². The van der Waals surface area contributed by atoms with Crippen molar-refractivity contribution in [3.8, 4) is 0 Å². The van der Waals surface area contributed by atoms with Crippen molar-refractivity contribution in [1.82, 2.24) is 0 Å². The fourth-order valence-corrected chi connectivity index (χ4v) is 6.53. The molecule has 2 radical (unpaired) electrons. The molecule has 0 aliphatic carbocycles. The van der Waals surface area contributed by atoms with E-state index in [9.17, 15) is 0 Å². The molecule has 0 aromatic rings.